The molecule has 1 fully saturated rings. The number of pyridine rings is 2. The summed E-state index contributed by atoms with van der Waals surface area (Å²) in [7, 11) is 0. The van der Waals surface area contributed by atoms with Crippen LogP contribution in [0, 0.1) is 17.3 Å². The minimum absolute atomic E-state index is 0.0139. The van der Waals surface area contributed by atoms with Crippen LogP contribution in [-0.2, 0) is 4.79 Å². The lowest BCUT2D eigenvalue weighted by atomic mass is 10.0. The molecule has 0 saturated carbocycles. The molecule has 0 radical (unpaired) electrons. The first-order valence-corrected chi connectivity index (χ1v) is 10.7. The summed E-state index contributed by atoms with van der Waals surface area (Å²) >= 11 is 5.95. The first kappa shape index (κ1) is 23.8. The van der Waals surface area contributed by atoms with Crippen molar-refractivity contribution < 1.29 is 9.53 Å². The van der Waals surface area contributed by atoms with Gasteiger partial charge in [-0.2, -0.15) is 0 Å². The van der Waals surface area contributed by atoms with Gasteiger partial charge in [0.25, 0.3) is 5.91 Å². The lowest BCUT2D eigenvalue weighted by Crippen LogP contribution is -2.25. The maximum absolute atomic E-state index is 11.0. The number of rotatable bonds is 4. The highest BCUT2D eigenvalue weighted by Gasteiger charge is 2.15. The van der Waals surface area contributed by atoms with Crippen LogP contribution in [0.3, 0.4) is 0 Å². The Kier molecular flexibility index (Phi) is 8.39. The Morgan fingerprint density at radius 2 is 1.70 bits per heavy atom. The molecule has 0 spiro atoms. The highest BCUT2D eigenvalue weighted by molar-refractivity contribution is 6.34. The predicted molar refractivity (Wildman–Crippen MR) is 130 cm³/mol. The molecule has 33 heavy (non-hydrogen) atoms. The summed E-state index contributed by atoms with van der Waals surface area (Å²) in [6.45, 7) is 3.48. The number of nitrogen functional groups attached to an aromatic ring is 1. The number of ether oxygens (including phenoxy) is 1. The zero-order chi connectivity index (χ0) is 23.6. The van der Waals surface area contributed by atoms with Crippen molar-refractivity contribution in [1.29, 1.82) is 5.41 Å². The van der Waals surface area contributed by atoms with E-state index in [1.54, 1.807) is 60.6 Å². The maximum atomic E-state index is 11.0. The fourth-order valence-electron chi connectivity index (χ4n) is 3.14. The number of hydrogen-bond donors (Lipinski definition) is 2. The molecular weight excluding hydrogens is 438 g/mol. The number of halogens is 1. The number of nitrogens with zero attached hydrogens (tertiary/aromatic N) is 3. The third-order valence-electron chi connectivity index (χ3n) is 4.86. The second-order valence-electron chi connectivity index (χ2n) is 7.14. The number of anilines is 1. The number of nitrogens with one attached hydrogen (secondary N) is 1. The summed E-state index contributed by atoms with van der Waals surface area (Å²) in [4.78, 5) is 20.7. The normalized spacial score (nSPS) is 12.1. The molecule has 7 nitrogen and oxygen atoms in total. The number of nitrogens with two attached hydrogens (primary N) is 1. The van der Waals surface area contributed by atoms with Crippen molar-refractivity contribution >= 4 is 28.9 Å². The van der Waals surface area contributed by atoms with E-state index in [-0.39, 0.29) is 11.6 Å². The molecule has 1 aromatic carbocycles. The number of aromatic nitrogens is 2. The van der Waals surface area contributed by atoms with E-state index in [0.29, 0.717) is 33.3 Å². The van der Waals surface area contributed by atoms with Gasteiger partial charge in [-0.15, -0.1) is 0 Å². The van der Waals surface area contributed by atoms with Crippen LogP contribution in [0.5, 0.6) is 11.5 Å². The van der Waals surface area contributed by atoms with Crippen LogP contribution in [0.15, 0.2) is 61.2 Å². The van der Waals surface area contributed by atoms with Gasteiger partial charge >= 0.3 is 0 Å². The largest absolute Gasteiger partial charge is 0.457 e. The van der Waals surface area contributed by atoms with E-state index >= 15 is 0 Å². The van der Waals surface area contributed by atoms with Crippen molar-refractivity contribution in [1.82, 2.24) is 14.9 Å². The molecular formula is C25H24ClN5O2. The molecule has 3 heterocycles. The van der Waals surface area contributed by atoms with Crippen LogP contribution in [0.1, 0.15) is 30.9 Å². The van der Waals surface area contributed by atoms with Crippen LogP contribution < -0.4 is 10.5 Å². The third kappa shape index (κ3) is 6.55. The number of likely N-dealkylation sites (tertiary alicyclic amines) is 1. The van der Waals surface area contributed by atoms with Gasteiger partial charge in [0.05, 0.1) is 16.4 Å². The van der Waals surface area contributed by atoms with Crippen molar-refractivity contribution in [2.75, 3.05) is 18.8 Å². The number of amides is 1. The number of hydrogen-bond acceptors (Lipinski definition) is 6. The minimum Gasteiger partial charge on any atom is -0.457 e. The molecule has 2 aromatic heterocycles. The van der Waals surface area contributed by atoms with Crippen molar-refractivity contribution in [3.8, 4) is 23.3 Å². The molecule has 168 valence electrons. The zero-order valence-corrected chi connectivity index (χ0v) is 19.0. The van der Waals surface area contributed by atoms with Crippen molar-refractivity contribution in [2.24, 2.45) is 0 Å². The van der Waals surface area contributed by atoms with Crippen LogP contribution in [-0.4, -0.2) is 39.6 Å². The second kappa shape index (κ2) is 11.7. The fraction of sp³-hybridized carbons (Fsp3) is 0.200. The summed E-state index contributed by atoms with van der Waals surface area (Å²) in [6, 6.07) is 10.7. The second-order valence-corrected chi connectivity index (χ2v) is 7.55. The van der Waals surface area contributed by atoms with E-state index in [2.05, 4.69) is 21.8 Å². The molecule has 4 rings (SSSR count). The molecule has 1 aliphatic heterocycles. The number of carbonyl (C=O) groups is 1. The Labute approximate surface area is 198 Å². The Morgan fingerprint density at radius 1 is 1.06 bits per heavy atom. The molecule has 0 unspecified atom stereocenters. The fourth-order valence-corrected chi connectivity index (χ4v) is 3.30. The Hall–Kier alpha value is -3.89. The highest BCUT2D eigenvalue weighted by Crippen LogP contribution is 2.25. The lowest BCUT2D eigenvalue weighted by Gasteiger charge is -2.10. The molecule has 3 aromatic rings. The van der Waals surface area contributed by atoms with E-state index in [9.17, 15) is 4.79 Å². The zero-order valence-electron chi connectivity index (χ0n) is 18.2. The van der Waals surface area contributed by atoms with E-state index in [1.165, 1.54) is 12.4 Å². The molecule has 1 aliphatic rings. The standard InChI is InChI=1S/C17H13ClN4O.C8H11NO/c18-15-10-22-9-14(17(15)20)16(19)11-1-3-12(4-2-11)23-13-5-7-21-8-6-13;1-2-5-8(10)9-6-3-4-7-9/h1-10,19H,(H2,20,22);3-4,6-7H2,1H3. The molecule has 1 saturated heterocycles. The van der Waals surface area contributed by atoms with Gasteiger partial charge in [-0.05, 0) is 62.1 Å². The van der Waals surface area contributed by atoms with Gasteiger partial charge in [-0.1, -0.05) is 17.5 Å². The quantitative estimate of drug-likeness (QED) is 0.438. The van der Waals surface area contributed by atoms with E-state index in [0.717, 1.165) is 25.9 Å². The summed E-state index contributed by atoms with van der Waals surface area (Å²) in [5.74, 6) is 6.49. The molecule has 3 N–H and O–H groups in total. The van der Waals surface area contributed by atoms with E-state index in [1.807, 2.05) is 0 Å². The summed E-state index contributed by atoms with van der Waals surface area (Å²) in [5, 5.41) is 8.61. The van der Waals surface area contributed by atoms with Gasteiger partial charge in [0.2, 0.25) is 0 Å². The van der Waals surface area contributed by atoms with Crippen LogP contribution >= 0.6 is 11.6 Å². The van der Waals surface area contributed by atoms with Gasteiger partial charge in [0, 0.05) is 49.0 Å². The minimum atomic E-state index is -0.0139. The molecule has 8 heteroatoms. The molecule has 1 amide bonds. The smallest absolute Gasteiger partial charge is 0.298 e. The van der Waals surface area contributed by atoms with Crippen LogP contribution in [0.25, 0.3) is 0 Å². The van der Waals surface area contributed by atoms with Crippen molar-refractivity contribution in [2.45, 2.75) is 19.8 Å². The monoisotopic (exact) mass is 461 g/mol. The summed E-state index contributed by atoms with van der Waals surface area (Å²) in [6.07, 6.45) is 8.58. The van der Waals surface area contributed by atoms with Gasteiger partial charge in [-0.25, -0.2) is 0 Å². The van der Waals surface area contributed by atoms with Crippen LogP contribution in [0.2, 0.25) is 5.02 Å². The Bertz CT molecular complexity index is 1160. The topological polar surface area (TPSA) is 105 Å². The maximum Gasteiger partial charge on any atom is 0.298 e. The first-order valence-electron chi connectivity index (χ1n) is 10.4. The summed E-state index contributed by atoms with van der Waals surface area (Å²) < 4.78 is 5.69. The van der Waals surface area contributed by atoms with Gasteiger partial charge < -0.3 is 15.4 Å². The first-order chi connectivity index (χ1) is 16.0. The van der Waals surface area contributed by atoms with Crippen LogP contribution in [0.4, 0.5) is 5.69 Å². The van der Waals surface area contributed by atoms with Gasteiger partial charge in [-0.3, -0.25) is 20.2 Å². The SMILES string of the molecule is CC#CC(=O)N1CCCC1.N=C(c1ccc(Oc2ccncc2)cc1)c1cncc(Cl)c1N. The van der Waals surface area contributed by atoms with Gasteiger partial charge in [0.1, 0.15) is 11.5 Å². The molecule has 0 atom stereocenters. The third-order valence-corrected chi connectivity index (χ3v) is 5.16. The van der Waals surface area contributed by atoms with Crippen molar-refractivity contribution in [3.05, 3.63) is 77.3 Å². The summed E-state index contributed by atoms with van der Waals surface area (Å²) in [5.41, 5.74) is 7.71. The average molecular weight is 462 g/mol. The Morgan fingerprint density at radius 3 is 2.33 bits per heavy atom. The lowest BCUT2D eigenvalue weighted by molar-refractivity contribution is -0.124. The van der Waals surface area contributed by atoms with E-state index < -0.39 is 0 Å². The number of carbonyl (C=O) groups excluding carboxylic acids is 1. The van der Waals surface area contributed by atoms with Crippen molar-refractivity contribution in [3.63, 3.8) is 0 Å². The predicted octanol–water partition coefficient (Wildman–Crippen LogP) is 4.55. The van der Waals surface area contributed by atoms with Gasteiger partial charge in [0.15, 0.2) is 0 Å². The van der Waals surface area contributed by atoms with E-state index in [4.69, 9.17) is 27.5 Å². The molecule has 0 bridgehead atoms. The molecule has 0 aliphatic carbocycles. The number of benzene rings is 1. The Balaban J connectivity index is 0.000000257. The highest BCUT2D eigenvalue weighted by atomic mass is 35.5. The average Bonchev–Trinajstić information content (AvgIpc) is 3.38.